The molecule has 124 valence electrons. The fourth-order valence-electron chi connectivity index (χ4n) is 2.47. The summed E-state index contributed by atoms with van der Waals surface area (Å²) in [5.41, 5.74) is 2.69. The van der Waals surface area contributed by atoms with E-state index in [1.165, 1.54) is 0 Å². The Bertz CT molecular complexity index is 814. The number of fused-ring (bicyclic) bond motifs is 1. The van der Waals surface area contributed by atoms with Gasteiger partial charge in [0.15, 0.2) is 0 Å². The summed E-state index contributed by atoms with van der Waals surface area (Å²) in [5.74, 6) is 0.565. The van der Waals surface area contributed by atoms with E-state index in [1.54, 1.807) is 7.11 Å². The summed E-state index contributed by atoms with van der Waals surface area (Å²) in [6.07, 6.45) is 0. The molecule has 3 rings (SSSR count). The van der Waals surface area contributed by atoms with E-state index in [-0.39, 0.29) is 12.5 Å². The van der Waals surface area contributed by atoms with Crippen molar-refractivity contribution in [1.82, 2.24) is 14.9 Å². The minimum absolute atomic E-state index is 0.0775. The molecule has 3 aromatic rings. The topological polar surface area (TPSA) is 68.2 Å². The van der Waals surface area contributed by atoms with E-state index in [0.29, 0.717) is 19.1 Å². The number of ether oxygens (including phenoxy) is 1. The maximum absolute atomic E-state index is 12.2. The summed E-state index contributed by atoms with van der Waals surface area (Å²) in [5, 5.41) is 6.12. The number of anilines is 2. The van der Waals surface area contributed by atoms with Crippen LogP contribution >= 0.6 is 0 Å². The van der Waals surface area contributed by atoms with Crippen molar-refractivity contribution in [2.45, 2.75) is 6.54 Å². The minimum atomic E-state index is -0.0775. The molecule has 6 heteroatoms. The summed E-state index contributed by atoms with van der Waals surface area (Å²) in [7, 11) is 1.61. The van der Waals surface area contributed by atoms with Crippen LogP contribution in [-0.4, -0.2) is 35.7 Å². The summed E-state index contributed by atoms with van der Waals surface area (Å²) in [4.78, 5) is 16.8. The van der Waals surface area contributed by atoms with Gasteiger partial charge in [0.2, 0.25) is 11.9 Å². The first-order chi connectivity index (χ1) is 11.8. The molecular formula is C18H20N4O2. The fraction of sp³-hybridized carbons (Fsp3) is 0.222. The summed E-state index contributed by atoms with van der Waals surface area (Å²) < 4.78 is 6.83. The molecule has 0 aliphatic heterocycles. The summed E-state index contributed by atoms with van der Waals surface area (Å²) in [6, 6.07) is 17.5. The van der Waals surface area contributed by atoms with Gasteiger partial charge in [-0.15, -0.1) is 0 Å². The highest BCUT2D eigenvalue weighted by Gasteiger charge is 2.13. The molecule has 0 unspecified atom stereocenters. The number of hydrogen-bond acceptors (Lipinski definition) is 4. The second-order valence-corrected chi connectivity index (χ2v) is 5.34. The Morgan fingerprint density at radius 3 is 2.67 bits per heavy atom. The van der Waals surface area contributed by atoms with Gasteiger partial charge in [-0.25, -0.2) is 4.98 Å². The number of methoxy groups -OCH3 is 1. The lowest BCUT2D eigenvalue weighted by Crippen LogP contribution is -2.30. The van der Waals surface area contributed by atoms with E-state index in [9.17, 15) is 4.79 Å². The molecule has 0 bridgehead atoms. The van der Waals surface area contributed by atoms with E-state index < -0.39 is 0 Å². The van der Waals surface area contributed by atoms with Crippen molar-refractivity contribution < 1.29 is 9.53 Å². The number of imidazole rings is 1. The first-order valence-electron chi connectivity index (χ1n) is 7.81. The number of amides is 1. The Labute approximate surface area is 140 Å². The number of aromatic nitrogens is 2. The molecule has 0 radical (unpaired) electrons. The van der Waals surface area contributed by atoms with Gasteiger partial charge in [0.25, 0.3) is 0 Å². The lowest BCUT2D eigenvalue weighted by atomic mass is 10.3. The van der Waals surface area contributed by atoms with Gasteiger partial charge in [0.1, 0.15) is 6.54 Å². The third kappa shape index (κ3) is 3.72. The van der Waals surface area contributed by atoms with Crippen LogP contribution in [-0.2, 0) is 16.1 Å². The van der Waals surface area contributed by atoms with Crippen molar-refractivity contribution in [2.24, 2.45) is 0 Å². The highest BCUT2D eigenvalue weighted by atomic mass is 16.5. The molecule has 0 fully saturated rings. The van der Waals surface area contributed by atoms with Crippen LogP contribution in [0.15, 0.2) is 54.6 Å². The predicted molar refractivity (Wildman–Crippen MR) is 94.3 cm³/mol. The van der Waals surface area contributed by atoms with Crippen molar-refractivity contribution in [2.75, 3.05) is 25.6 Å². The van der Waals surface area contributed by atoms with Gasteiger partial charge in [-0.1, -0.05) is 30.3 Å². The van der Waals surface area contributed by atoms with Gasteiger partial charge in [0.05, 0.1) is 17.6 Å². The second-order valence-electron chi connectivity index (χ2n) is 5.34. The quantitative estimate of drug-likeness (QED) is 0.655. The standard InChI is InChI=1S/C18H20N4O2/c1-24-12-11-19-17(23)13-22-16-10-6-5-9-15(16)21-18(22)20-14-7-3-2-4-8-14/h2-10H,11-13H2,1H3,(H,19,23)(H,20,21). The largest absolute Gasteiger partial charge is 0.383 e. The first-order valence-corrected chi connectivity index (χ1v) is 7.81. The molecule has 0 aliphatic carbocycles. The van der Waals surface area contributed by atoms with E-state index in [4.69, 9.17) is 4.74 Å². The van der Waals surface area contributed by atoms with Gasteiger partial charge in [-0.2, -0.15) is 0 Å². The zero-order valence-electron chi connectivity index (χ0n) is 13.5. The Kier molecular flexibility index (Phi) is 5.08. The van der Waals surface area contributed by atoms with Crippen molar-refractivity contribution in [3.8, 4) is 0 Å². The summed E-state index contributed by atoms with van der Waals surface area (Å²) >= 11 is 0. The molecule has 0 saturated heterocycles. The van der Waals surface area contributed by atoms with Crippen LogP contribution in [0.5, 0.6) is 0 Å². The molecule has 1 amide bonds. The normalized spacial score (nSPS) is 10.7. The maximum Gasteiger partial charge on any atom is 0.240 e. The van der Waals surface area contributed by atoms with Crippen LogP contribution < -0.4 is 10.6 Å². The predicted octanol–water partition coefficient (Wildman–Crippen LogP) is 2.54. The molecule has 0 spiro atoms. The average Bonchev–Trinajstić information content (AvgIpc) is 2.93. The van der Waals surface area contributed by atoms with Gasteiger partial charge in [0, 0.05) is 19.3 Å². The molecule has 0 saturated carbocycles. The molecule has 2 aromatic carbocycles. The fourth-order valence-corrected chi connectivity index (χ4v) is 2.47. The van der Waals surface area contributed by atoms with E-state index in [1.807, 2.05) is 59.2 Å². The molecule has 1 aromatic heterocycles. The monoisotopic (exact) mass is 324 g/mol. The molecule has 24 heavy (non-hydrogen) atoms. The number of carbonyl (C=O) groups is 1. The number of nitrogens with one attached hydrogen (secondary N) is 2. The van der Waals surface area contributed by atoms with Crippen LogP contribution in [0.1, 0.15) is 0 Å². The van der Waals surface area contributed by atoms with Crippen LogP contribution in [0.25, 0.3) is 11.0 Å². The highest BCUT2D eigenvalue weighted by molar-refractivity contribution is 5.83. The molecule has 2 N–H and O–H groups in total. The summed E-state index contributed by atoms with van der Waals surface area (Å²) in [6.45, 7) is 1.17. The zero-order valence-corrected chi connectivity index (χ0v) is 13.5. The minimum Gasteiger partial charge on any atom is -0.383 e. The number of para-hydroxylation sites is 3. The van der Waals surface area contributed by atoms with Gasteiger partial charge in [-0.05, 0) is 24.3 Å². The highest BCUT2D eigenvalue weighted by Crippen LogP contribution is 2.22. The van der Waals surface area contributed by atoms with Crippen molar-refractivity contribution in [3.63, 3.8) is 0 Å². The van der Waals surface area contributed by atoms with Crippen LogP contribution in [0, 0.1) is 0 Å². The van der Waals surface area contributed by atoms with E-state index in [2.05, 4.69) is 15.6 Å². The maximum atomic E-state index is 12.2. The van der Waals surface area contributed by atoms with Crippen molar-refractivity contribution in [3.05, 3.63) is 54.6 Å². The number of carbonyl (C=O) groups excluding carboxylic acids is 1. The van der Waals surface area contributed by atoms with E-state index >= 15 is 0 Å². The third-order valence-electron chi connectivity index (χ3n) is 3.61. The lowest BCUT2D eigenvalue weighted by molar-refractivity contribution is -0.121. The lowest BCUT2D eigenvalue weighted by Gasteiger charge is -2.11. The Morgan fingerprint density at radius 1 is 1.12 bits per heavy atom. The number of hydrogen-bond donors (Lipinski definition) is 2. The molecule has 0 aliphatic rings. The molecular weight excluding hydrogens is 304 g/mol. The Morgan fingerprint density at radius 2 is 1.88 bits per heavy atom. The Hall–Kier alpha value is -2.86. The number of nitrogens with zero attached hydrogens (tertiary/aromatic N) is 2. The Balaban J connectivity index is 1.86. The number of benzene rings is 2. The molecule has 0 atom stereocenters. The smallest absolute Gasteiger partial charge is 0.240 e. The third-order valence-corrected chi connectivity index (χ3v) is 3.61. The van der Waals surface area contributed by atoms with Crippen LogP contribution in [0.4, 0.5) is 11.6 Å². The van der Waals surface area contributed by atoms with Gasteiger partial charge in [-0.3, -0.25) is 4.79 Å². The van der Waals surface area contributed by atoms with E-state index in [0.717, 1.165) is 16.7 Å². The SMILES string of the molecule is COCCNC(=O)Cn1c(Nc2ccccc2)nc2ccccc21. The van der Waals surface area contributed by atoms with Crippen LogP contribution in [0.3, 0.4) is 0 Å². The van der Waals surface area contributed by atoms with Crippen molar-refractivity contribution >= 4 is 28.6 Å². The molecule has 1 heterocycles. The van der Waals surface area contributed by atoms with Gasteiger partial charge >= 0.3 is 0 Å². The number of rotatable bonds is 7. The zero-order chi connectivity index (χ0) is 16.8. The first kappa shape index (κ1) is 16.0. The van der Waals surface area contributed by atoms with Crippen LogP contribution in [0.2, 0.25) is 0 Å². The average molecular weight is 324 g/mol. The second kappa shape index (κ2) is 7.61. The van der Waals surface area contributed by atoms with Gasteiger partial charge < -0.3 is 19.9 Å². The molecule has 6 nitrogen and oxygen atoms in total. The van der Waals surface area contributed by atoms with Crippen molar-refractivity contribution in [1.29, 1.82) is 0 Å².